The van der Waals surface area contributed by atoms with Crippen LogP contribution in [0, 0.1) is 17.0 Å². The van der Waals surface area contributed by atoms with Crippen LogP contribution in [0.4, 0.5) is 16.2 Å². The van der Waals surface area contributed by atoms with Crippen LogP contribution in [0.5, 0.6) is 0 Å². The number of para-hydroxylation sites is 1. The molecule has 0 spiro atoms. The summed E-state index contributed by atoms with van der Waals surface area (Å²) in [5.41, 5.74) is 4.11. The van der Waals surface area contributed by atoms with Gasteiger partial charge in [-0.2, -0.15) is 0 Å². The molecule has 0 bridgehead atoms. The van der Waals surface area contributed by atoms with E-state index in [0.717, 1.165) is 44.4 Å². The molecular formula is C26H18ClN3O4S. The van der Waals surface area contributed by atoms with Crippen LogP contribution >= 0.6 is 23.4 Å². The van der Waals surface area contributed by atoms with E-state index in [9.17, 15) is 19.7 Å². The van der Waals surface area contributed by atoms with Crippen molar-refractivity contribution in [3.05, 3.63) is 110 Å². The number of hydrogen-bond donors (Lipinski definition) is 0. The summed E-state index contributed by atoms with van der Waals surface area (Å²) in [5.74, 6) is -0.395. The second kappa shape index (κ2) is 9.05. The Hall–Kier alpha value is -3.88. The van der Waals surface area contributed by atoms with Crippen LogP contribution in [0.15, 0.2) is 77.7 Å². The number of anilines is 1. The number of amides is 2. The van der Waals surface area contributed by atoms with E-state index in [-0.39, 0.29) is 10.9 Å². The number of benzene rings is 3. The van der Waals surface area contributed by atoms with E-state index in [1.807, 2.05) is 31.2 Å². The third-order valence-electron chi connectivity index (χ3n) is 5.90. The summed E-state index contributed by atoms with van der Waals surface area (Å²) in [7, 11) is 0. The van der Waals surface area contributed by atoms with E-state index in [0.29, 0.717) is 22.2 Å². The van der Waals surface area contributed by atoms with Gasteiger partial charge in [-0.15, -0.1) is 0 Å². The fourth-order valence-electron chi connectivity index (χ4n) is 4.19. The van der Waals surface area contributed by atoms with E-state index >= 15 is 0 Å². The predicted octanol–water partition coefficient (Wildman–Crippen LogP) is 6.80. The molecule has 1 fully saturated rings. The van der Waals surface area contributed by atoms with E-state index in [4.69, 9.17) is 11.6 Å². The van der Waals surface area contributed by atoms with Crippen molar-refractivity contribution in [3.63, 3.8) is 0 Å². The topological polar surface area (TPSA) is 85.5 Å². The average Bonchev–Trinajstić information content (AvgIpc) is 3.27. The highest BCUT2D eigenvalue weighted by Crippen LogP contribution is 2.38. The standard InChI is InChI=1S/C26H18ClN3O4S/c1-16-22(14-24-25(31)29(26(32)35-24)20-6-4-5-18(27)13-20)21-7-2-3-8-23(21)28(16)15-17-9-11-19(12-10-17)30(33)34/h2-14H,15H2,1H3/b24-14+. The van der Waals surface area contributed by atoms with Crippen LogP contribution in [0.2, 0.25) is 5.02 Å². The summed E-state index contributed by atoms with van der Waals surface area (Å²) in [4.78, 5) is 37.9. The van der Waals surface area contributed by atoms with E-state index in [1.165, 1.54) is 12.1 Å². The van der Waals surface area contributed by atoms with Gasteiger partial charge in [0.05, 0.1) is 15.5 Å². The number of halogens is 1. The van der Waals surface area contributed by atoms with E-state index in [1.54, 1.807) is 42.5 Å². The third kappa shape index (κ3) is 4.22. The van der Waals surface area contributed by atoms with Gasteiger partial charge in [0.25, 0.3) is 16.8 Å². The fraction of sp³-hybridized carbons (Fsp3) is 0.0769. The maximum absolute atomic E-state index is 13.2. The Labute approximate surface area is 209 Å². The molecule has 0 N–H and O–H groups in total. The number of rotatable bonds is 5. The Morgan fingerprint density at radius 2 is 1.77 bits per heavy atom. The summed E-state index contributed by atoms with van der Waals surface area (Å²) in [6.07, 6.45) is 1.76. The lowest BCUT2D eigenvalue weighted by atomic mass is 10.1. The predicted molar refractivity (Wildman–Crippen MR) is 139 cm³/mol. The van der Waals surface area contributed by atoms with Gasteiger partial charge in [0, 0.05) is 45.9 Å². The number of thioether (sulfide) groups is 1. The lowest BCUT2D eigenvalue weighted by Crippen LogP contribution is -2.27. The zero-order chi connectivity index (χ0) is 24.7. The molecule has 0 atom stereocenters. The minimum atomic E-state index is -0.422. The molecule has 0 aliphatic carbocycles. The molecule has 0 saturated carbocycles. The lowest BCUT2D eigenvalue weighted by Gasteiger charge is -2.12. The highest BCUT2D eigenvalue weighted by molar-refractivity contribution is 8.19. The first kappa shape index (κ1) is 22.9. The SMILES string of the molecule is Cc1c(/C=C2/SC(=O)N(c3cccc(Cl)c3)C2=O)c2ccccc2n1Cc1ccc([N+](=O)[O-])cc1. The number of fused-ring (bicyclic) bond motifs is 1. The van der Waals surface area contributed by atoms with Gasteiger partial charge in [0.2, 0.25) is 0 Å². The summed E-state index contributed by atoms with van der Waals surface area (Å²) >= 11 is 6.95. The molecule has 1 saturated heterocycles. The number of non-ortho nitro benzene ring substituents is 1. The maximum atomic E-state index is 13.2. The van der Waals surface area contributed by atoms with Crippen molar-refractivity contribution in [1.82, 2.24) is 4.57 Å². The summed E-state index contributed by atoms with van der Waals surface area (Å²) in [6.45, 7) is 2.46. The highest BCUT2D eigenvalue weighted by Gasteiger charge is 2.36. The molecule has 7 nitrogen and oxygen atoms in total. The molecule has 9 heteroatoms. The first-order valence-corrected chi connectivity index (χ1v) is 11.9. The van der Waals surface area contributed by atoms with Gasteiger partial charge in [0.15, 0.2) is 0 Å². The minimum absolute atomic E-state index is 0.0407. The van der Waals surface area contributed by atoms with Crippen molar-refractivity contribution in [2.24, 2.45) is 0 Å². The van der Waals surface area contributed by atoms with Crippen LogP contribution in [0.25, 0.3) is 17.0 Å². The number of imide groups is 1. The summed E-state index contributed by atoms with van der Waals surface area (Å²) in [6, 6.07) is 20.9. The van der Waals surface area contributed by atoms with Gasteiger partial charge < -0.3 is 4.57 Å². The third-order valence-corrected chi connectivity index (χ3v) is 7.01. The Morgan fingerprint density at radius 3 is 2.49 bits per heavy atom. The molecule has 1 aliphatic heterocycles. The van der Waals surface area contributed by atoms with Crippen LogP contribution in [0.3, 0.4) is 0 Å². The van der Waals surface area contributed by atoms with Crippen LogP contribution in [-0.4, -0.2) is 20.6 Å². The Balaban J connectivity index is 1.54. The van der Waals surface area contributed by atoms with Crippen molar-refractivity contribution in [2.75, 3.05) is 4.90 Å². The monoisotopic (exact) mass is 503 g/mol. The van der Waals surface area contributed by atoms with E-state index in [2.05, 4.69) is 4.57 Å². The van der Waals surface area contributed by atoms with Gasteiger partial charge in [-0.3, -0.25) is 19.7 Å². The van der Waals surface area contributed by atoms with Crippen molar-refractivity contribution in [3.8, 4) is 0 Å². The van der Waals surface area contributed by atoms with Crippen molar-refractivity contribution in [2.45, 2.75) is 13.5 Å². The molecule has 0 unspecified atom stereocenters. The number of aromatic nitrogens is 1. The largest absolute Gasteiger partial charge is 0.340 e. The minimum Gasteiger partial charge on any atom is -0.340 e. The summed E-state index contributed by atoms with van der Waals surface area (Å²) < 4.78 is 2.10. The zero-order valence-corrected chi connectivity index (χ0v) is 20.0. The maximum Gasteiger partial charge on any atom is 0.298 e. The number of nitro benzene ring substituents is 1. The Kier molecular flexibility index (Phi) is 5.92. The first-order valence-electron chi connectivity index (χ1n) is 10.7. The van der Waals surface area contributed by atoms with Crippen LogP contribution in [0.1, 0.15) is 16.8 Å². The molecule has 1 aliphatic rings. The average molecular weight is 504 g/mol. The number of carbonyl (C=O) groups excluding carboxylic acids is 2. The van der Waals surface area contributed by atoms with Gasteiger partial charge >= 0.3 is 0 Å². The van der Waals surface area contributed by atoms with Gasteiger partial charge in [0.1, 0.15) is 0 Å². The quantitative estimate of drug-likeness (QED) is 0.170. The second-order valence-electron chi connectivity index (χ2n) is 8.02. The van der Waals surface area contributed by atoms with Crippen LogP contribution in [-0.2, 0) is 11.3 Å². The highest BCUT2D eigenvalue weighted by atomic mass is 35.5. The molecule has 35 heavy (non-hydrogen) atoms. The Morgan fingerprint density at radius 1 is 1.03 bits per heavy atom. The van der Waals surface area contributed by atoms with Gasteiger partial charge in [-0.25, -0.2) is 4.90 Å². The second-order valence-corrected chi connectivity index (χ2v) is 9.45. The molecule has 0 radical (unpaired) electrons. The lowest BCUT2D eigenvalue weighted by molar-refractivity contribution is -0.384. The van der Waals surface area contributed by atoms with Crippen LogP contribution < -0.4 is 4.90 Å². The Bertz CT molecular complexity index is 1540. The normalized spacial score (nSPS) is 14.9. The van der Waals surface area contributed by atoms with Crippen molar-refractivity contribution < 1.29 is 14.5 Å². The number of carbonyl (C=O) groups is 2. The van der Waals surface area contributed by atoms with Crippen molar-refractivity contribution >= 4 is 62.9 Å². The molecule has 2 amide bonds. The fourth-order valence-corrected chi connectivity index (χ4v) is 5.19. The molecule has 1 aromatic heterocycles. The number of hydrogen-bond acceptors (Lipinski definition) is 5. The van der Waals surface area contributed by atoms with E-state index < -0.39 is 10.8 Å². The first-order chi connectivity index (χ1) is 16.8. The number of nitrogens with zero attached hydrogens (tertiary/aromatic N) is 3. The van der Waals surface area contributed by atoms with Gasteiger partial charge in [-0.1, -0.05) is 48.0 Å². The zero-order valence-electron chi connectivity index (χ0n) is 18.5. The van der Waals surface area contributed by atoms with Gasteiger partial charge in [-0.05, 0) is 54.6 Å². The molecule has 4 aromatic rings. The molecule has 3 aromatic carbocycles. The smallest absolute Gasteiger partial charge is 0.298 e. The molecule has 2 heterocycles. The number of nitro groups is 1. The molecule has 174 valence electrons. The van der Waals surface area contributed by atoms with Crippen molar-refractivity contribution in [1.29, 1.82) is 0 Å². The molecular weight excluding hydrogens is 486 g/mol. The summed E-state index contributed by atoms with van der Waals surface area (Å²) in [5, 5.41) is 12.0. The molecule has 5 rings (SSSR count).